The van der Waals surface area contributed by atoms with E-state index < -0.39 is 15.7 Å². The number of benzene rings is 2. The van der Waals surface area contributed by atoms with Crippen LogP contribution in [0.5, 0.6) is 0 Å². The number of thiazole rings is 1. The molecule has 0 unspecified atom stereocenters. The summed E-state index contributed by atoms with van der Waals surface area (Å²) in [5.41, 5.74) is 1.88. The zero-order valence-corrected chi connectivity index (χ0v) is 19.5. The smallest absolute Gasteiger partial charge is 0.323 e. The summed E-state index contributed by atoms with van der Waals surface area (Å²) in [4.78, 5) is 33.6. The summed E-state index contributed by atoms with van der Waals surface area (Å²) < 4.78 is 28.3. The minimum atomic E-state index is -3.98. The number of rotatable bonds is 9. The van der Waals surface area contributed by atoms with Crippen molar-refractivity contribution in [3.8, 4) is 0 Å². The molecule has 172 valence electrons. The van der Waals surface area contributed by atoms with E-state index >= 15 is 0 Å². The highest BCUT2D eigenvalue weighted by Crippen LogP contribution is 2.22. The number of aromatic nitrogens is 3. The van der Waals surface area contributed by atoms with Crippen molar-refractivity contribution in [3.63, 3.8) is 0 Å². The highest BCUT2D eigenvalue weighted by molar-refractivity contribution is 7.92. The van der Waals surface area contributed by atoms with Gasteiger partial charge in [0, 0.05) is 17.6 Å². The van der Waals surface area contributed by atoms with Crippen molar-refractivity contribution in [1.82, 2.24) is 20.3 Å². The van der Waals surface area contributed by atoms with Gasteiger partial charge in [-0.2, -0.15) is 0 Å². The minimum absolute atomic E-state index is 0.0297. The quantitative estimate of drug-likeness (QED) is 0.270. The fourth-order valence-corrected chi connectivity index (χ4v) is 5.29. The van der Waals surface area contributed by atoms with Crippen LogP contribution in [0.15, 0.2) is 57.5 Å². The molecule has 0 saturated carbocycles. The number of hydrogen-bond acceptors (Lipinski definition) is 6. The van der Waals surface area contributed by atoms with Gasteiger partial charge < -0.3 is 15.3 Å². The van der Waals surface area contributed by atoms with Gasteiger partial charge in [0.15, 0.2) is 0 Å². The molecule has 2 aromatic carbocycles. The van der Waals surface area contributed by atoms with Gasteiger partial charge in [0.1, 0.15) is 0 Å². The zero-order chi connectivity index (χ0) is 23.4. The second kappa shape index (κ2) is 9.59. The van der Waals surface area contributed by atoms with Crippen molar-refractivity contribution in [1.29, 1.82) is 0 Å². The number of nitrogens with zero attached hydrogens (tertiary/aromatic N) is 1. The molecule has 11 heteroatoms. The van der Waals surface area contributed by atoms with Crippen LogP contribution in [0.3, 0.4) is 0 Å². The summed E-state index contributed by atoms with van der Waals surface area (Å²) in [5.74, 6) is -0.358. The number of sulfonamides is 1. The molecule has 0 saturated heterocycles. The summed E-state index contributed by atoms with van der Waals surface area (Å²) in [7, 11) is -3.98. The number of aromatic amines is 2. The van der Waals surface area contributed by atoms with Crippen molar-refractivity contribution in [2.24, 2.45) is 0 Å². The Balaban J connectivity index is 1.40. The van der Waals surface area contributed by atoms with Gasteiger partial charge in [0.2, 0.25) is 0 Å². The third kappa shape index (κ3) is 5.49. The summed E-state index contributed by atoms with van der Waals surface area (Å²) in [5, 5.41) is 5.95. The minimum Gasteiger partial charge on any atom is -0.352 e. The number of carbonyl (C=O) groups is 1. The van der Waals surface area contributed by atoms with Crippen LogP contribution >= 0.6 is 11.3 Å². The van der Waals surface area contributed by atoms with Gasteiger partial charge in [-0.25, -0.2) is 18.2 Å². The maximum Gasteiger partial charge on any atom is 0.323 e. The van der Waals surface area contributed by atoms with Gasteiger partial charge in [-0.3, -0.25) is 9.52 Å². The third-order valence-corrected chi connectivity index (χ3v) is 7.37. The lowest BCUT2D eigenvalue weighted by molar-refractivity contribution is 0.0954. The second-order valence-electron chi connectivity index (χ2n) is 7.53. The third-order valence-electron chi connectivity index (χ3n) is 4.98. The predicted molar refractivity (Wildman–Crippen MR) is 128 cm³/mol. The first-order valence-electron chi connectivity index (χ1n) is 10.3. The van der Waals surface area contributed by atoms with E-state index in [-0.39, 0.29) is 22.1 Å². The van der Waals surface area contributed by atoms with Crippen molar-refractivity contribution >= 4 is 44.0 Å². The molecule has 2 aromatic heterocycles. The van der Waals surface area contributed by atoms with E-state index in [0.29, 0.717) is 17.6 Å². The highest BCUT2D eigenvalue weighted by Gasteiger charge is 2.19. The van der Waals surface area contributed by atoms with Crippen LogP contribution in [0.1, 0.15) is 33.9 Å². The maximum atomic E-state index is 12.9. The molecular formula is C22H23N5O4S2. The van der Waals surface area contributed by atoms with Crippen LogP contribution in [0, 0.1) is 6.92 Å². The topological polar surface area (TPSA) is 137 Å². The number of unbranched alkanes of at least 4 members (excludes halogenated alkanes) is 1. The monoisotopic (exact) mass is 485 g/mol. The van der Waals surface area contributed by atoms with E-state index in [9.17, 15) is 18.0 Å². The van der Waals surface area contributed by atoms with E-state index in [1.165, 1.54) is 24.3 Å². The number of H-pyrrole nitrogens is 2. The molecule has 0 fully saturated rings. The van der Waals surface area contributed by atoms with E-state index in [0.717, 1.165) is 30.0 Å². The van der Waals surface area contributed by atoms with Crippen LogP contribution in [-0.4, -0.2) is 35.8 Å². The Hall–Kier alpha value is -3.44. The number of imidazole rings is 1. The van der Waals surface area contributed by atoms with Gasteiger partial charge in [-0.1, -0.05) is 12.1 Å². The number of aryl methyl sites for hydroxylation is 2. The summed E-state index contributed by atoms with van der Waals surface area (Å²) >= 11 is 1.63. The average molecular weight is 486 g/mol. The molecule has 0 atom stereocenters. The highest BCUT2D eigenvalue weighted by atomic mass is 32.2. The standard InChI is InChI=1S/C22H23N5O4S2/c1-14-13-32-20(24-14)8-4-5-11-23-21(28)16-6-2-3-7-17(16)27-33(30,31)15-9-10-18-19(12-15)26-22(29)25-18/h2-3,6-7,9-10,12-13,27H,4-5,8,11H2,1H3,(H,23,28)(H2,25,26,29). The van der Waals surface area contributed by atoms with Crippen LogP contribution in [-0.2, 0) is 16.4 Å². The van der Waals surface area contributed by atoms with Crippen molar-refractivity contribution in [2.45, 2.75) is 31.1 Å². The Bertz CT molecular complexity index is 1450. The van der Waals surface area contributed by atoms with Crippen molar-refractivity contribution in [2.75, 3.05) is 11.3 Å². The molecule has 0 radical (unpaired) electrons. The van der Waals surface area contributed by atoms with Crippen LogP contribution < -0.4 is 15.7 Å². The Kier molecular flexibility index (Phi) is 6.61. The van der Waals surface area contributed by atoms with Crippen LogP contribution in [0.4, 0.5) is 5.69 Å². The number of nitrogens with one attached hydrogen (secondary N) is 4. The van der Waals surface area contributed by atoms with Gasteiger partial charge in [0.05, 0.1) is 32.2 Å². The molecular weight excluding hydrogens is 462 g/mol. The molecule has 2 heterocycles. The van der Waals surface area contributed by atoms with Crippen LogP contribution in [0.2, 0.25) is 0 Å². The molecule has 9 nitrogen and oxygen atoms in total. The summed E-state index contributed by atoms with van der Waals surface area (Å²) in [6, 6.07) is 10.7. The lowest BCUT2D eigenvalue weighted by Gasteiger charge is -2.13. The average Bonchev–Trinajstić information content (AvgIpc) is 3.36. The Morgan fingerprint density at radius 1 is 1.09 bits per heavy atom. The number of amides is 1. The van der Waals surface area contributed by atoms with Gasteiger partial charge in [-0.05, 0) is 56.5 Å². The van der Waals surface area contributed by atoms with E-state index in [4.69, 9.17) is 0 Å². The molecule has 4 N–H and O–H groups in total. The normalized spacial score (nSPS) is 11.5. The molecule has 33 heavy (non-hydrogen) atoms. The number of carbonyl (C=O) groups excluding carboxylic acids is 1. The summed E-state index contributed by atoms with van der Waals surface area (Å²) in [6.45, 7) is 2.44. The molecule has 0 aliphatic carbocycles. The number of hydrogen-bond donors (Lipinski definition) is 4. The molecule has 4 rings (SSSR count). The van der Waals surface area contributed by atoms with Crippen molar-refractivity contribution < 1.29 is 13.2 Å². The number of para-hydroxylation sites is 1. The van der Waals surface area contributed by atoms with E-state index in [1.807, 2.05) is 12.3 Å². The van der Waals surface area contributed by atoms with Gasteiger partial charge in [-0.15, -0.1) is 11.3 Å². The molecule has 4 aromatic rings. The van der Waals surface area contributed by atoms with Gasteiger partial charge >= 0.3 is 5.69 Å². The lowest BCUT2D eigenvalue weighted by Crippen LogP contribution is -2.26. The second-order valence-corrected chi connectivity index (χ2v) is 10.2. The largest absolute Gasteiger partial charge is 0.352 e. The SMILES string of the molecule is Cc1csc(CCCCNC(=O)c2ccccc2NS(=O)(=O)c2ccc3[nH]c(=O)[nH]c3c2)n1. The van der Waals surface area contributed by atoms with E-state index in [1.54, 1.807) is 29.5 Å². The summed E-state index contributed by atoms with van der Waals surface area (Å²) in [6.07, 6.45) is 2.54. The first-order valence-corrected chi connectivity index (χ1v) is 12.7. The first-order chi connectivity index (χ1) is 15.8. The molecule has 0 aliphatic heterocycles. The number of fused-ring (bicyclic) bond motifs is 1. The Labute approximate surface area is 194 Å². The zero-order valence-electron chi connectivity index (χ0n) is 17.8. The van der Waals surface area contributed by atoms with Crippen molar-refractivity contribution in [3.05, 3.63) is 74.6 Å². The Morgan fingerprint density at radius 3 is 2.67 bits per heavy atom. The lowest BCUT2D eigenvalue weighted by atomic mass is 10.1. The van der Waals surface area contributed by atoms with Crippen LogP contribution in [0.25, 0.3) is 11.0 Å². The predicted octanol–water partition coefficient (Wildman–Crippen LogP) is 3.17. The number of anilines is 1. The van der Waals surface area contributed by atoms with Gasteiger partial charge in [0.25, 0.3) is 15.9 Å². The Morgan fingerprint density at radius 2 is 1.88 bits per heavy atom. The van der Waals surface area contributed by atoms with E-state index in [2.05, 4.69) is 25.0 Å². The maximum absolute atomic E-state index is 12.9. The molecule has 0 aliphatic rings. The molecule has 0 bridgehead atoms. The first kappa shape index (κ1) is 22.7. The molecule has 1 amide bonds. The molecule has 0 spiro atoms. The fraction of sp³-hybridized carbons (Fsp3) is 0.227. The fourth-order valence-electron chi connectivity index (χ4n) is 3.37.